The number of rotatable bonds is 9. The number of nitrogen functional groups attached to an aromatic ring is 1. The van der Waals surface area contributed by atoms with Crippen molar-refractivity contribution in [3.63, 3.8) is 0 Å². The standard InChI is InChI=1S/C23H20N2O6P2S2/c24-16-8-13-21(31-22(26)7-4-14-25(28)29)20(15-16)23(27)30-17-9-11-19(12-10-17)33-34-32(35-33)18-5-2-1-3-6-18/h1-3,5-6,8-13,15H,4,7,14,24H2. The maximum absolute atomic E-state index is 12.8. The van der Waals surface area contributed by atoms with Gasteiger partial charge in [0.15, 0.2) is 0 Å². The van der Waals surface area contributed by atoms with Crippen molar-refractivity contribution in [1.29, 1.82) is 0 Å². The van der Waals surface area contributed by atoms with Crippen molar-refractivity contribution >= 4 is 62.9 Å². The number of hydrogen-bond donors (Lipinski definition) is 1. The molecule has 0 saturated carbocycles. The Hall–Kier alpha value is -2.64. The maximum atomic E-state index is 12.8. The number of esters is 2. The van der Waals surface area contributed by atoms with Crippen LogP contribution in [0.25, 0.3) is 0 Å². The molecule has 0 spiro atoms. The second kappa shape index (κ2) is 11.9. The van der Waals surface area contributed by atoms with Gasteiger partial charge in [-0.15, -0.1) is 0 Å². The summed E-state index contributed by atoms with van der Waals surface area (Å²) in [5.41, 5.74) is 6.11. The number of anilines is 1. The number of carbonyl (C=O) groups is 2. The Balaban J connectivity index is 1.36. The van der Waals surface area contributed by atoms with E-state index in [0.717, 1.165) is 0 Å². The predicted octanol–water partition coefficient (Wildman–Crippen LogP) is 5.50. The van der Waals surface area contributed by atoms with E-state index >= 15 is 0 Å². The Morgan fingerprint density at radius 1 is 0.914 bits per heavy atom. The topological polar surface area (TPSA) is 122 Å². The summed E-state index contributed by atoms with van der Waals surface area (Å²) in [5.74, 6) is -1.04. The molecule has 180 valence electrons. The first kappa shape index (κ1) is 25.5. The molecule has 1 heterocycles. The normalized spacial score (nSPS) is 16.7. The summed E-state index contributed by atoms with van der Waals surface area (Å²) in [6.07, 6.45) is -0.700. The number of nitrogens with zero attached hydrogens (tertiary/aromatic N) is 1. The summed E-state index contributed by atoms with van der Waals surface area (Å²) in [6, 6.07) is 22.1. The lowest BCUT2D eigenvalue weighted by Crippen LogP contribution is -2.15. The summed E-state index contributed by atoms with van der Waals surface area (Å²) in [7, 11) is 0. The van der Waals surface area contributed by atoms with Crippen LogP contribution in [-0.2, 0) is 4.79 Å². The number of nitrogens with two attached hydrogens (primary N) is 1. The Labute approximate surface area is 211 Å². The highest BCUT2D eigenvalue weighted by Crippen LogP contribution is 2.95. The van der Waals surface area contributed by atoms with Gasteiger partial charge in [0, 0.05) is 17.0 Å². The first-order valence-electron chi connectivity index (χ1n) is 10.4. The molecule has 1 aliphatic heterocycles. The monoisotopic (exact) mass is 546 g/mol. The van der Waals surface area contributed by atoms with E-state index in [9.17, 15) is 19.7 Å². The van der Waals surface area contributed by atoms with Gasteiger partial charge in [0.05, 0.1) is 19.1 Å². The van der Waals surface area contributed by atoms with Crippen LogP contribution in [0.15, 0.2) is 72.8 Å². The average molecular weight is 547 g/mol. The number of ether oxygens (including phenoxy) is 2. The van der Waals surface area contributed by atoms with Crippen molar-refractivity contribution in [2.75, 3.05) is 12.3 Å². The van der Waals surface area contributed by atoms with Crippen LogP contribution in [0.2, 0.25) is 0 Å². The van der Waals surface area contributed by atoms with Crippen LogP contribution >= 0.6 is 34.7 Å². The van der Waals surface area contributed by atoms with Gasteiger partial charge in [-0.1, -0.05) is 52.3 Å². The third kappa shape index (κ3) is 6.95. The third-order valence-corrected chi connectivity index (χ3v) is 23.6. The molecular weight excluding hydrogens is 526 g/mol. The largest absolute Gasteiger partial charge is 0.426 e. The molecule has 2 N–H and O–H groups in total. The molecule has 0 aromatic heterocycles. The smallest absolute Gasteiger partial charge is 0.347 e. The first-order chi connectivity index (χ1) is 16.9. The Kier molecular flexibility index (Phi) is 8.63. The van der Waals surface area contributed by atoms with Crippen molar-refractivity contribution in [3.05, 3.63) is 88.5 Å². The second-order valence-electron chi connectivity index (χ2n) is 7.29. The Morgan fingerprint density at radius 3 is 2.23 bits per heavy atom. The van der Waals surface area contributed by atoms with E-state index in [2.05, 4.69) is 24.3 Å². The van der Waals surface area contributed by atoms with Gasteiger partial charge in [-0.05, 0) is 53.1 Å². The quantitative estimate of drug-likeness (QED) is 0.0925. The van der Waals surface area contributed by atoms with Gasteiger partial charge >= 0.3 is 11.9 Å². The summed E-state index contributed by atoms with van der Waals surface area (Å²) < 4.78 is 10.7. The number of nitro groups is 1. The number of benzene rings is 3. The van der Waals surface area contributed by atoms with Crippen LogP contribution in [0.4, 0.5) is 5.69 Å². The van der Waals surface area contributed by atoms with Crippen LogP contribution in [0.1, 0.15) is 23.2 Å². The highest BCUT2D eigenvalue weighted by Gasteiger charge is 2.33. The zero-order valence-electron chi connectivity index (χ0n) is 18.2. The van der Waals surface area contributed by atoms with Gasteiger partial charge < -0.3 is 15.2 Å². The molecule has 1 saturated heterocycles. The van der Waals surface area contributed by atoms with Crippen LogP contribution < -0.4 is 25.8 Å². The van der Waals surface area contributed by atoms with Crippen LogP contribution in [-0.4, -0.2) is 23.4 Å². The predicted molar refractivity (Wildman–Crippen MR) is 144 cm³/mol. The van der Waals surface area contributed by atoms with Crippen LogP contribution in [0.5, 0.6) is 11.5 Å². The van der Waals surface area contributed by atoms with Gasteiger partial charge in [0.25, 0.3) is 0 Å². The lowest BCUT2D eigenvalue weighted by molar-refractivity contribution is -0.480. The highest BCUT2D eigenvalue weighted by molar-refractivity contribution is 9.37. The molecule has 8 nitrogen and oxygen atoms in total. The van der Waals surface area contributed by atoms with Crippen LogP contribution in [0.3, 0.4) is 0 Å². The molecule has 0 amide bonds. The van der Waals surface area contributed by atoms with Gasteiger partial charge in [0.2, 0.25) is 6.54 Å². The molecule has 12 heteroatoms. The molecule has 3 aromatic rings. The molecule has 0 radical (unpaired) electrons. The van der Waals surface area contributed by atoms with E-state index in [4.69, 9.17) is 15.2 Å². The molecular formula is C23H20N2O6P2S2. The van der Waals surface area contributed by atoms with E-state index in [1.54, 1.807) is 12.1 Å². The molecule has 0 bridgehead atoms. The average Bonchev–Trinajstić information content (AvgIpc) is 2.81. The summed E-state index contributed by atoms with van der Waals surface area (Å²) in [5, 5.41) is 13.0. The van der Waals surface area contributed by atoms with E-state index in [0.29, 0.717) is 11.4 Å². The lowest BCUT2D eigenvalue weighted by atomic mass is 10.1. The van der Waals surface area contributed by atoms with Crippen molar-refractivity contribution in [2.24, 2.45) is 0 Å². The number of hydrogen-bond acceptors (Lipinski definition) is 9. The van der Waals surface area contributed by atoms with E-state index in [1.165, 1.54) is 28.8 Å². The van der Waals surface area contributed by atoms with Gasteiger partial charge in [0.1, 0.15) is 17.1 Å². The summed E-state index contributed by atoms with van der Waals surface area (Å²) in [6.45, 7) is -0.338. The number of carbonyl (C=O) groups excluding carboxylic acids is 2. The molecule has 0 unspecified atom stereocenters. The SMILES string of the molecule is Nc1ccc(OC(=O)CCC[N+](=O)[O-])c(C(=O)Oc2ccc(P3SP(c4ccccc4)S3)cc2)c1. The fraction of sp³-hybridized carbons (Fsp3) is 0.130. The molecule has 1 fully saturated rings. The van der Waals surface area contributed by atoms with E-state index in [1.807, 2.05) is 40.2 Å². The molecule has 0 atom stereocenters. The Bertz CT molecular complexity index is 1220. The highest BCUT2D eigenvalue weighted by atomic mass is 33.6. The second-order valence-corrected chi connectivity index (χ2v) is 19.4. The minimum atomic E-state index is -0.719. The van der Waals surface area contributed by atoms with Crippen molar-refractivity contribution in [3.8, 4) is 11.5 Å². The van der Waals surface area contributed by atoms with Gasteiger partial charge in [-0.3, -0.25) is 14.9 Å². The molecule has 1 aliphatic rings. The molecule has 4 rings (SSSR count). The lowest BCUT2D eigenvalue weighted by Gasteiger charge is -2.33. The van der Waals surface area contributed by atoms with Gasteiger partial charge in [-0.2, -0.15) is 0 Å². The first-order valence-corrected chi connectivity index (χ1v) is 17.2. The van der Waals surface area contributed by atoms with Crippen LogP contribution in [0, 0.1) is 10.1 Å². The van der Waals surface area contributed by atoms with Crippen molar-refractivity contribution in [1.82, 2.24) is 0 Å². The maximum Gasteiger partial charge on any atom is 0.347 e. The molecule has 0 aliphatic carbocycles. The zero-order chi connectivity index (χ0) is 24.8. The third-order valence-electron chi connectivity index (χ3n) is 4.69. The van der Waals surface area contributed by atoms with Crippen molar-refractivity contribution < 1.29 is 24.0 Å². The minimum Gasteiger partial charge on any atom is -0.426 e. The fourth-order valence-electron chi connectivity index (χ4n) is 3.00. The fourth-order valence-corrected chi connectivity index (χ4v) is 19.2. The summed E-state index contributed by atoms with van der Waals surface area (Å²) in [4.78, 5) is 34.7. The summed E-state index contributed by atoms with van der Waals surface area (Å²) >= 11 is 4.00. The van der Waals surface area contributed by atoms with E-state index < -0.39 is 16.9 Å². The van der Waals surface area contributed by atoms with Gasteiger partial charge in [-0.25, -0.2) is 4.79 Å². The van der Waals surface area contributed by atoms with E-state index in [-0.39, 0.29) is 43.3 Å². The van der Waals surface area contributed by atoms with Crippen molar-refractivity contribution in [2.45, 2.75) is 12.8 Å². The Morgan fingerprint density at radius 2 is 1.57 bits per heavy atom. The zero-order valence-corrected chi connectivity index (χ0v) is 21.7. The molecule has 3 aromatic carbocycles. The minimum absolute atomic E-state index is 0.000292. The molecule has 35 heavy (non-hydrogen) atoms.